The number of aliphatic hydroxyl groups is 1. The third-order valence-corrected chi connectivity index (χ3v) is 2.62. The van der Waals surface area contributed by atoms with Gasteiger partial charge in [-0.05, 0) is 12.1 Å². The number of nitrogens with two attached hydrogens (primary N) is 1. The average molecular weight is 208 g/mol. The van der Waals surface area contributed by atoms with E-state index in [4.69, 9.17) is 15.6 Å². The van der Waals surface area contributed by atoms with Crippen molar-refractivity contribution >= 4 is 11.4 Å². The number of ether oxygens (including phenoxy) is 1. The van der Waals surface area contributed by atoms with Crippen molar-refractivity contribution in [2.45, 2.75) is 6.10 Å². The number of benzene rings is 1. The summed E-state index contributed by atoms with van der Waals surface area (Å²) in [6, 6.07) is 7.77. The first-order valence-electron chi connectivity index (χ1n) is 5.13. The van der Waals surface area contributed by atoms with Crippen molar-refractivity contribution in [1.29, 1.82) is 0 Å². The zero-order valence-electron chi connectivity index (χ0n) is 8.60. The standard InChI is InChI=1S/C11H16N2O2/c12-10-3-1-2-4-11(10)13-5-6-15-9(7-13)8-14/h1-4,9,14H,5-8,12H2/t9-/m0/s1. The molecule has 1 heterocycles. The van der Waals surface area contributed by atoms with Crippen molar-refractivity contribution in [3.63, 3.8) is 0 Å². The van der Waals surface area contributed by atoms with Crippen LogP contribution in [0.1, 0.15) is 0 Å². The highest BCUT2D eigenvalue weighted by Gasteiger charge is 2.20. The molecule has 1 aliphatic rings. The molecule has 0 spiro atoms. The van der Waals surface area contributed by atoms with E-state index >= 15 is 0 Å². The van der Waals surface area contributed by atoms with E-state index in [1.54, 1.807) is 0 Å². The van der Waals surface area contributed by atoms with Crippen LogP contribution >= 0.6 is 0 Å². The van der Waals surface area contributed by atoms with Crippen LogP contribution in [0.4, 0.5) is 11.4 Å². The van der Waals surface area contributed by atoms with E-state index < -0.39 is 0 Å². The molecule has 0 radical (unpaired) electrons. The van der Waals surface area contributed by atoms with E-state index in [9.17, 15) is 0 Å². The number of nitrogen functional groups attached to an aromatic ring is 1. The summed E-state index contributed by atoms with van der Waals surface area (Å²) in [5.74, 6) is 0. The van der Waals surface area contributed by atoms with Crippen LogP contribution in [0, 0.1) is 0 Å². The van der Waals surface area contributed by atoms with Gasteiger partial charge >= 0.3 is 0 Å². The van der Waals surface area contributed by atoms with Gasteiger partial charge in [0.05, 0.1) is 30.7 Å². The highest BCUT2D eigenvalue weighted by Crippen LogP contribution is 2.24. The first-order chi connectivity index (χ1) is 7.31. The number of morpholine rings is 1. The largest absolute Gasteiger partial charge is 0.397 e. The van der Waals surface area contributed by atoms with Gasteiger partial charge in [-0.25, -0.2) is 0 Å². The molecule has 3 N–H and O–H groups in total. The number of aliphatic hydroxyl groups excluding tert-OH is 1. The van der Waals surface area contributed by atoms with Gasteiger partial charge in [-0.2, -0.15) is 0 Å². The lowest BCUT2D eigenvalue weighted by Gasteiger charge is -2.34. The van der Waals surface area contributed by atoms with Crippen molar-refractivity contribution < 1.29 is 9.84 Å². The van der Waals surface area contributed by atoms with Crippen molar-refractivity contribution in [3.8, 4) is 0 Å². The molecule has 1 atom stereocenters. The fraction of sp³-hybridized carbons (Fsp3) is 0.455. The lowest BCUT2D eigenvalue weighted by molar-refractivity contribution is 0.00360. The van der Waals surface area contributed by atoms with Crippen molar-refractivity contribution in [3.05, 3.63) is 24.3 Å². The van der Waals surface area contributed by atoms with Gasteiger partial charge in [0.1, 0.15) is 0 Å². The summed E-state index contributed by atoms with van der Waals surface area (Å²) in [4.78, 5) is 2.15. The first kappa shape index (κ1) is 10.3. The van der Waals surface area contributed by atoms with Crippen molar-refractivity contribution in [2.24, 2.45) is 0 Å². The van der Waals surface area contributed by atoms with Gasteiger partial charge in [0.25, 0.3) is 0 Å². The number of hydrogen-bond donors (Lipinski definition) is 2. The zero-order valence-corrected chi connectivity index (χ0v) is 8.60. The molecule has 82 valence electrons. The predicted molar refractivity (Wildman–Crippen MR) is 59.9 cm³/mol. The second kappa shape index (κ2) is 4.51. The van der Waals surface area contributed by atoms with Crippen LogP contribution in [-0.4, -0.2) is 37.5 Å². The van der Waals surface area contributed by atoms with Gasteiger partial charge in [0.15, 0.2) is 0 Å². The van der Waals surface area contributed by atoms with Crippen molar-refractivity contribution in [1.82, 2.24) is 0 Å². The normalized spacial score (nSPS) is 21.7. The van der Waals surface area contributed by atoms with Gasteiger partial charge in [-0.3, -0.25) is 0 Å². The smallest absolute Gasteiger partial charge is 0.0980 e. The molecular weight excluding hydrogens is 192 g/mol. The van der Waals surface area contributed by atoms with E-state index in [2.05, 4.69) is 4.90 Å². The molecule has 1 aromatic rings. The topological polar surface area (TPSA) is 58.7 Å². The fourth-order valence-electron chi connectivity index (χ4n) is 1.82. The van der Waals surface area contributed by atoms with Gasteiger partial charge < -0.3 is 20.5 Å². The summed E-state index contributed by atoms with van der Waals surface area (Å²) in [5, 5.41) is 9.04. The first-order valence-corrected chi connectivity index (χ1v) is 5.13. The fourth-order valence-corrected chi connectivity index (χ4v) is 1.82. The molecule has 1 fully saturated rings. The minimum atomic E-state index is -0.0987. The van der Waals surface area contributed by atoms with Crippen LogP contribution in [0.15, 0.2) is 24.3 Å². The lowest BCUT2D eigenvalue weighted by atomic mass is 10.2. The predicted octanol–water partition coefficient (Wildman–Crippen LogP) is 0.466. The molecule has 4 heteroatoms. The Labute approximate surface area is 89.3 Å². The summed E-state index contributed by atoms with van der Waals surface area (Å²) in [6.45, 7) is 2.22. The summed E-state index contributed by atoms with van der Waals surface area (Å²) in [6.07, 6.45) is -0.0987. The Balaban J connectivity index is 2.13. The number of anilines is 2. The maximum atomic E-state index is 9.04. The Hall–Kier alpha value is -1.26. The Bertz CT molecular complexity index is 330. The Morgan fingerprint density at radius 1 is 1.47 bits per heavy atom. The molecule has 0 aliphatic carbocycles. The van der Waals surface area contributed by atoms with Crippen LogP contribution in [0.3, 0.4) is 0 Å². The quantitative estimate of drug-likeness (QED) is 0.693. The summed E-state index contributed by atoms with van der Waals surface area (Å²) >= 11 is 0. The summed E-state index contributed by atoms with van der Waals surface area (Å²) < 4.78 is 5.39. The molecule has 0 saturated carbocycles. The minimum Gasteiger partial charge on any atom is -0.397 e. The van der Waals surface area contributed by atoms with Crippen LogP contribution in [0.5, 0.6) is 0 Å². The van der Waals surface area contributed by atoms with E-state index in [0.717, 1.165) is 17.9 Å². The molecule has 0 unspecified atom stereocenters. The third-order valence-electron chi connectivity index (χ3n) is 2.62. The average Bonchev–Trinajstić information content (AvgIpc) is 2.30. The number of hydrogen-bond acceptors (Lipinski definition) is 4. The van der Waals surface area contributed by atoms with Gasteiger partial charge in [-0.1, -0.05) is 12.1 Å². The van der Waals surface area contributed by atoms with Crippen LogP contribution in [-0.2, 0) is 4.74 Å². The molecule has 1 aromatic carbocycles. The number of para-hydroxylation sites is 2. The molecule has 15 heavy (non-hydrogen) atoms. The summed E-state index contributed by atoms with van der Waals surface area (Å²) in [5.41, 5.74) is 7.69. The number of rotatable bonds is 2. The summed E-state index contributed by atoms with van der Waals surface area (Å²) in [7, 11) is 0. The molecule has 0 aromatic heterocycles. The Morgan fingerprint density at radius 3 is 3.00 bits per heavy atom. The molecule has 4 nitrogen and oxygen atoms in total. The maximum absolute atomic E-state index is 9.04. The van der Waals surface area contributed by atoms with Gasteiger partial charge in [-0.15, -0.1) is 0 Å². The van der Waals surface area contributed by atoms with E-state index in [1.165, 1.54) is 0 Å². The highest BCUT2D eigenvalue weighted by molar-refractivity contribution is 5.67. The maximum Gasteiger partial charge on any atom is 0.0980 e. The van der Waals surface area contributed by atoms with Crippen LogP contribution in [0.2, 0.25) is 0 Å². The van der Waals surface area contributed by atoms with E-state index in [1.807, 2.05) is 24.3 Å². The Morgan fingerprint density at radius 2 is 2.27 bits per heavy atom. The second-order valence-corrected chi connectivity index (χ2v) is 3.68. The molecule has 2 rings (SSSR count). The lowest BCUT2D eigenvalue weighted by Crippen LogP contribution is -2.44. The monoisotopic (exact) mass is 208 g/mol. The second-order valence-electron chi connectivity index (χ2n) is 3.68. The minimum absolute atomic E-state index is 0.0588. The third kappa shape index (κ3) is 2.22. The molecule has 0 bridgehead atoms. The van der Waals surface area contributed by atoms with Crippen LogP contribution < -0.4 is 10.6 Å². The zero-order chi connectivity index (χ0) is 10.7. The SMILES string of the molecule is Nc1ccccc1N1CCO[C@H](CO)C1. The Kier molecular flexibility index (Phi) is 3.08. The highest BCUT2D eigenvalue weighted by atomic mass is 16.5. The number of nitrogens with zero attached hydrogens (tertiary/aromatic N) is 1. The van der Waals surface area contributed by atoms with Gasteiger partial charge in [0.2, 0.25) is 0 Å². The van der Waals surface area contributed by atoms with Crippen molar-refractivity contribution in [2.75, 3.05) is 36.9 Å². The molecular formula is C11H16N2O2. The molecule has 1 aliphatic heterocycles. The van der Waals surface area contributed by atoms with Gasteiger partial charge in [0, 0.05) is 13.1 Å². The molecule has 0 amide bonds. The molecule has 1 saturated heterocycles. The van der Waals surface area contributed by atoms with E-state index in [-0.39, 0.29) is 12.7 Å². The van der Waals surface area contributed by atoms with E-state index in [0.29, 0.717) is 13.2 Å². The van der Waals surface area contributed by atoms with Crippen LogP contribution in [0.25, 0.3) is 0 Å².